The van der Waals surface area contributed by atoms with Crippen LogP contribution < -0.4 is 10.2 Å². The lowest BCUT2D eigenvalue weighted by Crippen LogP contribution is -2.26. The van der Waals surface area contributed by atoms with E-state index in [0.717, 1.165) is 17.2 Å². The van der Waals surface area contributed by atoms with Gasteiger partial charge in [-0.3, -0.25) is 4.79 Å². The number of hydrogen-bond donors (Lipinski definition) is 1. The zero-order valence-electron chi connectivity index (χ0n) is 12.3. The van der Waals surface area contributed by atoms with E-state index >= 15 is 0 Å². The predicted octanol–water partition coefficient (Wildman–Crippen LogP) is 3.48. The number of nitrogens with zero attached hydrogens (tertiary/aromatic N) is 1. The van der Waals surface area contributed by atoms with Crippen LogP contribution in [0.25, 0.3) is 0 Å². The Kier molecular flexibility index (Phi) is 6.14. The van der Waals surface area contributed by atoms with Crippen LogP contribution in [0.1, 0.15) is 15.2 Å². The summed E-state index contributed by atoms with van der Waals surface area (Å²) in [4.78, 5) is 15.4. The summed E-state index contributed by atoms with van der Waals surface area (Å²) in [5.74, 6) is 1.94. The number of rotatable bonds is 7. The van der Waals surface area contributed by atoms with Gasteiger partial charge >= 0.3 is 0 Å². The predicted molar refractivity (Wildman–Crippen MR) is 93.6 cm³/mol. The molecule has 0 fully saturated rings. The van der Waals surface area contributed by atoms with E-state index in [1.165, 1.54) is 4.88 Å². The highest BCUT2D eigenvalue weighted by Crippen LogP contribution is 2.16. The first-order valence-electron chi connectivity index (χ1n) is 6.82. The fraction of sp³-hybridized carbons (Fsp3) is 0.312. The fourth-order valence-corrected chi connectivity index (χ4v) is 3.53. The number of amides is 1. The summed E-state index contributed by atoms with van der Waals surface area (Å²) >= 11 is 3.62. The van der Waals surface area contributed by atoms with Gasteiger partial charge in [-0.2, -0.15) is 11.8 Å². The Morgan fingerprint density at radius 2 is 2.14 bits per heavy atom. The Morgan fingerprint density at radius 3 is 2.86 bits per heavy atom. The van der Waals surface area contributed by atoms with Gasteiger partial charge in [0.25, 0.3) is 5.91 Å². The van der Waals surface area contributed by atoms with Crippen molar-refractivity contribution in [2.75, 3.05) is 31.3 Å². The normalized spacial score (nSPS) is 10.4. The van der Waals surface area contributed by atoms with Crippen molar-refractivity contribution in [1.29, 1.82) is 0 Å². The smallest absolute Gasteiger partial charge is 0.251 e. The summed E-state index contributed by atoms with van der Waals surface area (Å²) in [7, 11) is 3.94. The standard InChI is InChI=1S/C16H20N2OS2/c1-18(2)14-6-3-5-13(11-14)16(19)17-8-10-20-12-15-7-4-9-21-15/h3-7,9,11H,8,10,12H2,1-2H3,(H,17,19). The minimum Gasteiger partial charge on any atom is -0.378 e. The van der Waals surface area contributed by atoms with Gasteiger partial charge in [0.15, 0.2) is 0 Å². The van der Waals surface area contributed by atoms with E-state index in [1.807, 2.05) is 55.0 Å². The van der Waals surface area contributed by atoms with Crippen molar-refractivity contribution in [1.82, 2.24) is 5.32 Å². The molecule has 0 unspecified atom stereocenters. The molecule has 0 aliphatic carbocycles. The van der Waals surface area contributed by atoms with Gasteiger partial charge in [0.05, 0.1) is 0 Å². The summed E-state index contributed by atoms with van der Waals surface area (Å²) in [6, 6.07) is 11.9. The molecule has 1 heterocycles. The molecule has 2 aromatic rings. The van der Waals surface area contributed by atoms with Crippen molar-refractivity contribution in [2.45, 2.75) is 5.75 Å². The zero-order valence-corrected chi connectivity index (χ0v) is 14.0. The summed E-state index contributed by atoms with van der Waals surface area (Å²) < 4.78 is 0. The second-order valence-electron chi connectivity index (χ2n) is 4.83. The van der Waals surface area contributed by atoms with Gasteiger partial charge in [-0.1, -0.05) is 12.1 Å². The van der Waals surface area contributed by atoms with Gasteiger partial charge in [0, 0.05) is 48.3 Å². The van der Waals surface area contributed by atoms with Crippen LogP contribution >= 0.6 is 23.1 Å². The third kappa shape index (κ3) is 5.10. The molecule has 0 radical (unpaired) electrons. The number of nitrogens with one attached hydrogen (secondary N) is 1. The molecule has 1 amide bonds. The number of carbonyl (C=O) groups excluding carboxylic acids is 1. The van der Waals surface area contributed by atoms with Crippen molar-refractivity contribution in [2.24, 2.45) is 0 Å². The average molecular weight is 320 g/mol. The number of carbonyl (C=O) groups is 1. The topological polar surface area (TPSA) is 32.3 Å². The Labute approximate surface area is 134 Å². The molecule has 1 N–H and O–H groups in total. The highest BCUT2D eigenvalue weighted by atomic mass is 32.2. The number of benzene rings is 1. The SMILES string of the molecule is CN(C)c1cccc(C(=O)NCCSCc2cccs2)c1. The van der Waals surface area contributed by atoms with E-state index in [-0.39, 0.29) is 5.91 Å². The van der Waals surface area contributed by atoms with Crippen LogP contribution in [0.2, 0.25) is 0 Å². The number of thioether (sulfide) groups is 1. The maximum absolute atomic E-state index is 12.1. The van der Waals surface area contributed by atoms with Gasteiger partial charge in [-0.15, -0.1) is 11.3 Å². The molecule has 1 aromatic heterocycles. The van der Waals surface area contributed by atoms with Gasteiger partial charge in [0.1, 0.15) is 0 Å². The third-order valence-corrected chi connectivity index (χ3v) is 5.05. The lowest BCUT2D eigenvalue weighted by molar-refractivity contribution is 0.0956. The first kappa shape index (κ1) is 15.9. The molecule has 2 rings (SSSR count). The second-order valence-corrected chi connectivity index (χ2v) is 6.97. The van der Waals surface area contributed by atoms with Crippen molar-refractivity contribution in [3.05, 3.63) is 52.2 Å². The Balaban J connectivity index is 1.73. The summed E-state index contributed by atoms with van der Waals surface area (Å²) in [6.45, 7) is 0.696. The molecule has 112 valence electrons. The van der Waals surface area contributed by atoms with E-state index < -0.39 is 0 Å². The molecule has 0 spiro atoms. The molecular formula is C16H20N2OS2. The average Bonchev–Trinajstić information content (AvgIpc) is 3.00. The van der Waals surface area contributed by atoms with Gasteiger partial charge in [-0.25, -0.2) is 0 Å². The van der Waals surface area contributed by atoms with Crippen LogP contribution in [-0.2, 0) is 5.75 Å². The number of hydrogen-bond acceptors (Lipinski definition) is 4. The van der Waals surface area contributed by atoms with Crippen LogP contribution in [0.15, 0.2) is 41.8 Å². The molecule has 0 bridgehead atoms. The van der Waals surface area contributed by atoms with Gasteiger partial charge in [-0.05, 0) is 29.6 Å². The maximum atomic E-state index is 12.1. The Morgan fingerprint density at radius 1 is 1.29 bits per heavy atom. The van der Waals surface area contributed by atoms with Crippen LogP contribution in [0.3, 0.4) is 0 Å². The minimum atomic E-state index is -0.00424. The monoisotopic (exact) mass is 320 g/mol. The van der Waals surface area contributed by atoms with E-state index in [1.54, 1.807) is 11.3 Å². The van der Waals surface area contributed by atoms with Gasteiger partial charge in [0.2, 0.25) is 0 Å². The molecule has 5 heteroatoms. The van der Waals surface area contributed by atoms with Crippen molar-refractivity contribution < 1.29 is 4.79 Å². The molecular weight excluding hydrogens is 300 g/mol. The van der Waals surface area contributed by atoms with Crippen LogP contribution in [0, 0.1) is 0 Å². The van der Waals surface area contributed by atoms with E-state index in [0.29, 0.717) is 12.1 Å². The molecule has 21 heavy (non-hydrogen) atoms. The fourth-order valence-electron chi connectivity index (χ4n) is 1.83. The lowest BCUT2D eigenvalue weighted by Gasteiger charge is -2.13. The molecule has 1 aromatic carbocycles. The quantitative estimate of drug-likeness (QED) is 0.793. The third-order valence-electron chi connectivity index (χ3n) is 2.98. The Hall–Kier alpha value is -1.46. The maximum Gasteiger partial charge on any atom is 0.251 e. The number of thiophene rings is 1. The Bertz CT molecular complexity index is 567. The summed E-state index contributed by atoms with van der Waals surface area (Å²) in [5, 5.41) is 5.06. The highest BCUT2D eigenvalue weighted by molar-refractivity contribution is 7.98. The van der Waals surface area contributed by atoms with E-state index in [2.05, 4.69) is 22.8 Å². The first-order valence-corrected chi connectivity index (χ1v) is 8.86. The lowest BCUT2D eigenvalue weighted by atomic mass is 10.2. The van der Waals surface area contributed by atoms with Crippen molar-refractivity contribution in [3.63, 3.8) is 0 Å². The molecule has 0 aliphatic heterocycles. The van der Waals surface area contributed by atoms with Crippen LogP contribution in [0.5, 0.6) is 0 Å². The van der Waals surface area contributed by atoms with Crippen molar-refractivity contribution >= 4 is 34.7 Å². The van der Waals surface area contributed by atoms with E-state index in [9.17, 15) is 4.79 Å². The largest absolute Gasteiger partial charge is 0.378 e. The molecule has 0 aliphatic rings. The van der Waals surface area contributed by atoms with Crippen LogP contribution in [0.4, 0.5) is 5.69 Å². The molecule has 0 atom stereocenters. The van der Waals surface area contributed by atoms with Crippen LogP contribution in [-0.4, -0.2) is 32.3 Å². The molecule has 3 nitrogen and oxygen atoms in total. The zero-order chi connectivity index (χ0) is 15.1. The minimum absolute atomic E-state index is 0.00424. The summed E-state index contributed by atoms with van der Waals surface area (Å²) in [5.41, 5.74) is 1.75. The summed E-state index contributed by atoms with van der Waals surface area (Å²) in [6.07, 6.45) is 0. The second kappa shape index (κ2) is 8.10. The number of anilines is 1. The van der Waals surface area contributed by atoms with Crippen molar-refractivity contribution in [3.8, 4) is 0 Å². The van der Waals surface area contributed by atoms with Gasteiger partial charge < -0.3 is 10.2 Å². The highest BCUT2D eigenvalue weighted by Gasteiger charge is 2.06. The van der Waals surface area contributed by atoms with E-state index in [4.69, 9.17) is 0 Å². The molecule has 0 saturated carbocycles. The molecule has 0 saturated heterocycles. The first-order chi connectivity index (χ1) is 10.2.